The van der Waals surface area contributed by atoms with E-state index >= 15 is 0 Å². The summed E-state index contributed by atoms with van der Waals surface area (Å²) in [5.74, 6) is -1.20. The highest BCUT2D eigenvalue weighted by atomic mass is 32.2. The Hall–Kier alpha value is -1.88. The minimum absolute atomic E-state index is 0.0302. The summed E-state index contributed by atoms with van der Waals surface area (Å²) in [4.78, 5) is 16.0. The number of alkyl halides is 3. The van der Waals surface area contributed by atoms with E-state index in [0.29, 0.717) is 38.8 Å². The van der Waals surface area contributed by atoms with E-state index < -0.39 is 33.2 Å². The van der Waals surface area contributed by atoms with Crippen LogP contribution in [0.25, 0.3) is 0 Å². The van der Waals surface area contributed by atoms with Crippen LogP contribution in [0.1, 0.15) is 38.5 Å². The van der Waals surface area contributed by atoms with E-state index in [0.717, 1.165) is 38.0 Å². The van der Waals surface area contributed by atoms with Gasteiger partial charge in [-0.2, -0.15) is 13.2 Å². The lowest BCUT2D eigenvalue weighted by molar-refractivity contribution is -0.199. The number of rotatable bonds is 6. The quantitative estimate of drug-likeness (QED) is 0.551. The van der Waals surface area contributed by atoms with Crippen molar-refractivity contribution in [2.75, 3.05) is 39.0 Å². The summed E-state index contributed by atoms with van der Waals surface area (Å²) in [6, 6.07) is 3.94. The van der Waals surface area contributed by atoms with Crippen LogP contribution in [-0.4, -0.2) is 75.4 Å². The maximum Gasteiger partial charge on any atom is 0.403 e. The first-order chi connectivity index (χ1) is 15.9. The fourth-order valence-electron chi connectivity index (χ4n) is 5.05. The van der Waals surface area contributed by atoms with E-state index in [-0.39, 0.29) is 29.4 Å². The van der Waals surface area contributed by atoms with E-state index in [1.54, 1.807) is 0 Å². The summed E-state index contributed by atoms with van der Waals surface area (Å²) in [7, 11) is -3.49. The molecule has 3 fully saturated rings. The van der Waals surface area contributed by atoms with Gasteiger partial charge in [0.1, 0.15) is 5.41 Å². The minimum atomic E-state index is -4.47. The predicted octanol–water partition coefficient (Wildman–Crippen LogP) is 3.65. The summed E-state index contributed by atoms with van der Waals surface area (Å²) in [6.45, 7) is 2.13. The monoisotopic (exact) mass is 506 g/mol. The molecule has 2 saturated carbocycles. The van der Waals surface area contributed by atoms with Crippen LogP contribution >= 0.6 is 0 Å². The third-order valence-corrected chi connectivity index (χ3v) is 8.55. The number of benzene rings is 1. The molecule has 0 bridgehead atoms. The molecule has 1 amide bonds. The molecule has 0 atom stereocenters. The van der Waals surface area contributed by atoms with Gasteiger partial charge < -0.3 is 9.64 Å². The topological polar surface area (TPSA) is 66.9 Å². The second-order valence-electron chi connectivity index (χ2n) is 9.76. The fraction of sp³-hybridized carbons (Fsp3) is 0.696. The molecule has 0 spiro atoms. The Morgan fingerprint density at radius 3 is 2.21 bits per heavy atom. The minimum Gasteiger partial charge on any atom is -0.490 e. The lowest BCUT2D eigenvalue weighted by Crippen LogP contribution is -2.55. The van der Waals surface area contributed by atoms with Crippen molar-refractivity contribution in [1.29, 1.82) is 0 Å². The van der Waals surface area contributed by atoms with Gasteiger partial charge in [0.25, 0.3) is 0 Å². The van der Waals surface area contributed by atoms with Crippen LogP contribution in [0.3, 0.4) is 0 Å². The summed E-state index contributed by atoms with van der Waals surface area (Å²) in [5.41, 5.74) is -2.14. The number of carbonyl (C=O) groups is 1. The van der Waals surface area contributed by atoms with Crippen molar-refractivity contribution in [2.45, 2.75) is 55.6 Å². The van der Waals surface area contributed by atoms with E-state index in [2.05, 4.69) is 4.90 Å². The molecule has 0 aromatic heterocycles. The highest BCUT2D eigenvalue weighted by Gasteiger charge is 2.69. The number of hydrogen-bond acceptors (Lipinski definition) is 5. The first-order valence-corrected chi connectivity index (χ1v) is 13.5. The zero-order chi connectivity index (χ0) is 24.7. The van der Waals surface area contributed by atoms with Gasteiger partial charge in [0, 0.05) is 38.5 Å². The zero-order valence-corrected chi connectivity index (χ0v) is 19.9. The molecular weight excluding hydrogens is 476 g/mol. The highest BCUT2D eigenvalue weighted by Crippen LogP contribution is 2.58. The number of piperazine rings is 1. The van der Waals surface area contributed by atoms with Crippen LogP contribution in [0.5, 0.6) is 5.75 Å². The van der Waals surface area contributed by atoms with Crippen molar-refractivity contribution in [2.24, 2.45) is 11.3 Å². The predicted molar refractivity (Wildman–Crippen MR) is 117 cm³/mol. The molecule has 4 rings (SSSR count). The van der Waals surface area contributed by atoms with Crippen molar-refractivity contribution in [3.8, 4) is 5.75 Å². The first-order valence-electron chi connectivity index (χ1n) is 11.6. The largest absolute Gasteiger partial charge is 0.490 e. The molecule has 1 saturated heterocycles. The first kappa shape index (κ1) is 25.2. The lowest BCUT2D eigenvalue weighted by atomic mass is 9.85. The Kier molecular flexibility index (Phi) is 6.89. The molecule has 2 aliphatic carbocycles. The highest BCUT2D eigenvalue weighted by molar-refractivity contribution is 7.90. The Morgan fingerprint density at radius 1 is 1.09 bits per heavy atom. The van der Waals surface area contributed by atoms with E-state index in [9.17, 15) is 30.8 Å². The number of halogens is 4. The third-order valence-electron chi connectivity index (χ3n) is 7.44. The second kappa shape index (κ2) is 9.29. The van der Waals surface area contributed by atoms with Gasteiger partial charge in [-0.05, 0) is 62.6 Å². The van der Waals surface area contributed by atoms with Crippen LogP contribution in [0.15, 0.2) is 23.1 Å². The van der Waals surface area contributed by atoms with Crippen molar-refractivity contribution in [3.63, 3.8) is 0 Å². The van der Waals surface area contributed by atoms with Gasteiger partial charge in [-0.15, -0.1) is 0 Å². The van der Waals surface area contributed by atoms with Crippen molar-refractivity contribution in [1.82, 2.24) is 9.80 Å². The van der Waals surface area contributed by atoms with Gasteiger partial charge in [-0.3, -0.25) is 9.69 Å². The maximum atomic E-state index is 14.2. The van der Waals surface area contributed by atoms with Gasteiger partial charge in [0.2, 0.25) is 5.91 Å². The van der Waals surface area contributed by atoms with Gasteiger partial charge >= 0.3 is 6.18 Å². The molecule has 6 nitrogen and oxygen atoms in total. The molecule has 34 heavy (non-hydrogen) atoms. The number of nitrogens with zero attached hydrogens (tertiary/aromatic N) is 2. The molecule has 3 aliphatic rings. The van der Waals surface area contributed by atoms with Crippen molar-refractivity contribution >= 4 is 15.7 Å². The molecule has 1 heterocycles. The van der Waals surface area contributed by atoms with Gasteiger partial charge in [0.05, 0.1) is 11.5 Å². The smallest absolute Gasteiger partial charge is 0.403 e. The lowest BCUT2D eigenvalue weighted by Gasteiger charge is -2.42. The summed E-state index contributed by atoms with van der Waals surface area (Å²) in [5, 5.41) is 0. The van der Waals surface area contributed by atoms with Crippen LogP contribution in [-0.2, 0) is 14.6 Å². The molecule has 0 radical (unpaired) electrons. The average molecular weight is 507 g/mol. The molecule has 190 valence electrons. The van der Waals surface area contributed by atoms with Crippen molar-refractivity contribution < 1.29 is 35.5 Å². The third kappa shape index (κ3) is 5.19. The fourth-order valence-corrected chi connectivity index (χ4v) is 5.68. The molecular formula is C23H30F4N2O4S. The van der Waals surface area contributed by atoms with Gasteiger partial charge in [-0.25, -0.2) is 12.8 Å². The van der Waals surface area contributed by atoms with Crippen LogP contribution in [0.2, 0.25) is 0 Å². The van der Waals surface area contributed by atoms with Crippen LogP contribution in [0, 0.1) is 17.2 Å². The molecule has 0 unspecified atom stereocenters. The van der Waals surface area contributed by atoms with E-state index in [4.69, 9.17) is 4.74 Å². The normalized spacial score (nSPS) is 25.7. The standard InChI is InChI=1S/C23H30F4N2O4S/c1-34(31,32)18-6-7-20(19(24)14-18)33-15-16-2-4-17(5-3-16)28-10-12-29(13-11-28)21(30)22(8-9-22)23(25,26)27/h6-7,14,16-17H,2-5,8-13,15H2,1H3. The number of ether oxygens (including phenoxy) is 1. The SMILES string of the molecule is CS(=O)(=O)c1ccc(OCC2CCC(N3CCN(C(=O)C4(C(F)(F)F)CC4)CC3)CC2)c(F)c1. The van der Waals surface area contributed by atoms with E-state index in [1.807, 2.05) is 0 Å². The summed E-state index contributed by atoms with van der Waals surface area (Å²) in [6.07, 6.45) is -0.0896. The second-order valence-corrected chi connectivity index (χ2v) is 11.8. The maximum absolute atomic E-state index is 14.2. The Morgan fingerprint density at radius 2 is 1.71 bits per heavy atom. The molecule has 11 heteroatoms. The van der Waals surface area contributed by atoms with Gasteiger partial charge in [0.15, 0.2) is 21.4 Å². The van der Waals surface area contributed by atoms with Gasteiger partial charge in [-0.1, -0.05) is 0 Å². The number of amides is 1. The Bertz CT molecular complexity index is 1010. The zero-order valence-electron chi connectivity index (χ0n) is 19.1. The average Bonchev–Trinajstić information content (AvgIpc) is 3.60. The molecule has 1 aromatic rings. The molecule has 1 aromatic carbocycles. The van der Waals surface area contributed by atoms with E-state index in [1.165, 1.54) is 17.0 Å². The van der Waals surface area contributed by atoms with Crippen LogP contribution < -0.4 is 4.74 Å². The number of sulfone groups is 1. The molecule has 0 N–H and O–H groups in total. The summed E-state index contributed by atoms with van der Waals surface area (Å²) < 4.78 is 82.6. The number of carbonyl (C=O) groups excluding carboxylic acids is 1. The number of hydrogen-bond donors (Lipinski definition) is 0. The summed E-state index contributed by atoms with van der Waals surface area (Å²) >= 11 is 0. The molecule has 1 aliphatic heterocycles. The van der Waals surface area contributed by atoms with Crippen LogP contribution in [0.4, 0.5) is 17.6 Å². The van der Waals surface area contributed by atoms with Crippen molar-refractivity contribution in [3.05, 3.63) is 24.0 Å². The Labute approximate surface area is 197 Å². The Balaban J connectivity index is 1.21.